The molecule has 1 aliphatic carbocycles. The predicted molar refractivity (Wildman–Crippen MR) is 92.8 cm³/mol. The molecule has 24 heavy (non-hydrogen) atoms. The SMILES string of the molecule is CC1CC1C(=O)Nc1cccc(C(=O)NC2CC3CCC(C2)N3)c1. The molecule has 1 saturated carbocycles. The van der Waals surface area contributed by atoms with Gasteiger partial charge in [-0.15, -0.1) is 0 Å². The lowest BCUT2D eigenvalue weighted by molar-refractivity contribution is -0.117. The van der Waals surface area contributed by atoms with Crippen molar-refractivity contribution in [2.45, 2.75) is 57.2 Å². The van der Waals surface area contributed by atoms with Crippen molar-refractivity contribution in [1.29, 1.82) is 0 Å². The fraction of sp³-hybridized carbons (Fsp3) is 0.579. The van der Waals surface area contributed by atoms with E-state index >= 15 is 0 Å². The molecule has 3 aliphatic rings. The number of fused-ring (bicyclic) bond motifs is 2. The monoisotopic (exact) mass is 327 g/mol. The van der Waals surface area contributed by atoms with Crippen LogP contribution >= 0.6 is 0 Å². The van der Waals surface area contributed by atoms with Gasteiger partial charge in [0, 0.05) is 35.3 Å². The van der Waals surface area contributed by atoms with Crippen LogP contribution in [0.2, 0.25) is 0 Å². The first-order chi connectivity index (χ1) is 11.6. The number of hydrogen-bond acceptors (Lipinski definition) is 3. The number of nitrogens with one attached hydrogen (secondary N) is 3. The van der Waals surface area contributed by atoms with Gasteiger partial charge in [0.15, 0.2) is 0 Å². The summed E-state index contributed by atoms with van der Waals surface area (Å²) in [7, 11) is 0. The molecule has 0 aromatic heterocycles. The van der Waals surface area contributed by atoms with Crippen molar-refractivity contribution in [3.8, 4) is 0 Å². The van der Waals surface area contributed by atoms with Crippen LogP contribution < -0.4 is 16.0 Å². The number of benzene rings is 1. The lowest BCUT2D eigenvalue weighted by atomic mass is 9.99. The van der Waals surface area contributed by atoms with Crippen LogP contribution in [0.15, 0.2) is 24.3 Å². The first-order valence-electron chi connectivity index (χ1n) is 9.06. The molecule has 128 valence electrons. The highest BCUT2D eigenvalue weighted by Crippen LogP contribution is 2.38. The van der Waals surface area contributed by atoms with E-state index in [0.717, 1.165) is 19.3 Å². The summed E-state index contributed by atoms with van der Waals surface area (Å²) in [6, 6.07) is 8.61. The Morgan fingerprint density at radius 3 is 2.50 bits per heavy atom. The Bertz CT molecular complexity index is 648. The molecule has 4 atom stereocenters. The quantitative estimate of drug-likeness (QED) is 0.795. The number of piperidine rings is 1. The van der Waals surface area contributed by atoms with Crippen LogP contribution in [-0.2, 0) is 4.79 Å². The van der Waals surface area contributed by atoms with Crippen LogP contribution in [-0.4, -0.2) is 29.9 Å². The van der Waals surface area contributed by atoms with E-state index in [1.54, 1.807) is 12.1 Å². The lowest BCUT2D eigenvalue weighted by Gasteiger charge is -2.29. The molecule has 2 aliphatic heterocycles. The summed E-state index contributed by atoms with van der Waals surface area (Å²) in [4.78, 5) is 24.6. The summed E-state index contributed by atoms with van der Waals surface area (Å²) in [5.41, 5.74) is 1.32. The molecule has 2 amide bonds. The molecular formula is C19H25N3O2. The Kier molecular flexibility index (Phi) is 4.04. The Labute approximate surface area is 142 Å². The molecule has 3 fully saturated rings. The zero-order chi connectivity index (χ0) is 16.7. The highest BCUT2D eigenvalue weighted by molar-refractivity contribution is 5.98. The summed E-state index contributed by atoms with van der Waals surface area (Å²) in [6.07, 6.45) is 5.43. The summed E-state index contributed by atoms with van der Waals surface area (Å²) in [6.45, 7) is 2.08. The molecule has 0 radical (unpaired) electrons. The van der Waals surface area contributed by atoms with Gasteiger partial charge in [0.2, 0.25) is 5.91 Å². The summed E-state index contributed by atoms with van der Waals surface area (Å²) < 4.78 is 0. The third kappa shape index (κ3) is 3.31. The molecule has 4 unspecified atom stereocenters. The van der Waals surface area contributed by atoms with E-state index in [4.69, 9.17) is 0 Å². The highest BCUT2D eigenvalue weighted by Gasteiger charge is 2.39. The van der Waals surface area contributed by atoms with Crippen molar-refractivity contribution < 1.29 is 9.59 Å². The Morgan fingerprint density at radius 1 is 1.12 bits per heavy atom. The number of amides is 2. The van der Waals surface area contributed by atoms with Crippen molar-refractivity contribution in [1.82, 2.24) is 10.6 Å². The summed E-state index contributed by atoms with van der Waals surface area (Å²) >= 11 is 0. The largest absolute Gasteiger partial charge is 0.349 e. The summed E-state index contributed by atoms with van der Waals surface area (Å²) in [5.74, 6) is 0.631. The molecule has 2 saturated heterocycles. The normalized spacial score (nSPS) is 33.8. The van der Waals surface area contributed by atoms with E-state index in [1.165, 1.54) is 12.8 Å². The van der Waals surface area contributed by atoms with Gasteiger partial charge < -0.3 is 16.0 Å². The van der Waals surface area contributed by atoms with Crippen LogP contribution in [0, 0.1) is 11.8 Å². The van der Waals surface area contributed by atoms with E-state index in [-0.39, 0.29) is 23.8 Å². The van der Waals surface area contributed by atoms with Gasteiger partial charge in [0.1, 0.15) is 0 Å². The van der Waals surface area contributed by atoms with Gasteiger partial charge >= 0.3 is 0 Å². The Hall–Kier alpha value is -1.88. The average Bonchev–Trinajstić information content (AvgIpc) is 3.20. The standard InChI is InChI=1S/C19H25N3O2/c1-11-7-17(11)19(24)21-13-4-2-3-12(8-13)18(23)22-16-9-14-5-6-15(10-16)20-14/h2-4,8,11,14-17,20H,5-7,9-10H2,1H3,(H,21,24)(H,22,23). The van der Waals surface area contributed by atoms with Gasteiger partial charge in [-0.3, -0.25) is 9.59 Å². The second-order valence-electron chi connectivity index (χ2n) is 7.67. The van der Waals surface area contributed by atoms with Crippen molar-refractivity contribution in [3.05, 3.63) is 29.8 Å². The summed E-state index contributed by atoms with van der Waals surface area (Å²) in [5, 5.41) is 9.68. The van der Waals surface area contributed by atoms with E-state index in [0.29, 0.717) is 29.3 Å². The molecule has 4 rings (SSSR count). The fourth-order valence-electron chi connectivity index (χ4n) is 4.10. The second kappa shape index (κ2) is 6.20. The second-order valence-corrected chi connectivity index (χ2v) is 7.67. The predicted octanol–water partition coefficient (Wildman–Crippen LogP) is 2.29. The maximum atomic E-state index is 12.5. The van der Waals surface area contributed by atoms with Crippen LogP contribution in [0.4, 0.5) is 5.69 Å². The molecule has 2 bridgehead atoms. The van der Waals surface area contributed by atoms with E-state index in [1.807, 2.05) is 12.1 Å². The number of carbonyl (C=O) groups excluding carboxylic acids is 2. The van der Waals surface area contributed by atoms with Crippen LogP contribution in [0.3, 0.4) is 0 Å². The van der Waals surface area contributed by atoms with Gasteiger partial charge in [-0.2, -0.15) is 0 Å². The third-order valence-corrected chi connectivity index (χ3v) is 5.65. The molecule has 2 heterocycles. The topological polar surface area (TPSA) is 70.2 Å². The smallest absolute Gasteiger partial charge is 0.251 e. The van der Waals surface area contributed by atoms with Crippen LogP contribution in [0.1, 0.15) is 49.4 Å². The minimum Gasteiger partial charge on any atom is -0.349 e. The highest BCUT2D eigenvalue weighted by atomic mass is 16.2. The van der Waals surface area contributed by atoms with Gasteiger partial charge in [0.05, 0.1) is 0 Å². The molecule has 1 aromatic rings. The van der Waals surface area contributed by atoms with Gasteiger partial charge in [-0.05, 0) is 56.2 Å². The van der Waals surface area contributed by atoms with Crippen molar-refractivity contribution in [2.24, 2.45) is 11.8 Å². The number of hydrogen-bond donors (Lipinski definition) is 3. The zero-order valence-corrected chi connectivity index (χ0v) is 14.0. The number of carbonyl (C=O) groups is 2. The van der Waals surface area contributed by atoms with E-state index < -0.39 is 0 Å². The third-order valence-electron chi connectivity index (χ3n) is 5.65. The minimum absolute atomic E-state index is 0.0443. The number of anilines is 1. The molecule has 1 aromatic carbocycles. The molecule has 5 heteroatoms. The Morgan fingerprint density at radius 2 is 1.83 bits per heavy atom. The maximum absolute atomic E-state index is 12.5. The molecule has 0 spiro atoms. The van der Waals surface area contributed by atoms with Gasteiger partial charge in [-0.25, -0.2) is 0 Å². The van der Waals surface area contributed by atoms with Crippen LogP contribution in [0.5, 0.6) is 0 Å². The lowest BCUT2D eigenvalue weighted by Crippen LogP contribution is -2.48. The average molecular weight is 327 g/mol. The fourth-order valence-corrected chi connectivity index (χ4v) is 4.10. The number of rotatable bonds is 4. The zero-order valence-electron chi connectivity index (χ0n) is 14.0. The molecule has 3 N–H and O–H groups in total. The van der Waals surface area contributed by atoms with E-state index in [9.17, 15) is 9.59 Å². The first-order valence-corrected chi connectivity index (χ1v) is 9.06. The molecule has 5 nitrogen and oxygen atoms in total. The van der Waals surface area contributed by atoms with Crippen molar-refractivity contribution in [3.63, 3.8) is 0 Å². The van der Waals surface area contributed by atoms with Gasteiger partial charge in [0.25, 0.3) is 5.91 Å². The maximum Gasteiger partial charge on any atom is 0.251 e. The minimum atomic E-state index is -0.0443. The Balaban J connectivity index is 1.37. The van der Waals surface area contributed by atoms with Crippen LogP contribution in [0.25, 0.3) is 0 Å². The van der Waals surface area contributed by atoms with Crippen molar-refractivity contribution >= 4 is 17.5 Å². The van der Waals surface area contributed by atoms with E-state index in [2.05, 4.69) is 22.9 Å². The van der Waals surface area contributed by atoms with Crippen molar-refractivity contribution in [2.75, 3.05) is 5.32 Å². The molecular weight excluding hydrogens is 302 g/mol. The first kappa shape index (κ1) is 15.6. The van der Waals surface area contributed by atoms with Gasteiger partial charge in [-0.1, -0.05) is 13.0 Å².